The Kier molecular flexibility index (Phi) is 7.24. The van der Waals surface area contributed by atoms with Gasteiger partial charge in [-0.25, -0.2) is 4.98 Å². The van der Waals surface area contributed by atoms with Crippen LogP contribution in [0.5, 0.6) is 5.75 Å². The smallest absolute Gasteiger partial charge is 0.225 e. The zero-order chi connectivity index (χ0) is 19.6. The SMILES string of the molecule is CCCCNc1nc(NCCc2ccc(OC)cc2)cc(-c2ccccc2)n1. The molecule has 0 saturated carbocycles. The molecule has 3 rings (SSSR count). The fourth-order valence-electron chi connectivity index (χ4n) is 2.88. The summed E-state index contributed by atoms with van der Waals surface area (Å²) in [7, 11) is 1.68. The van der Waals surface area contributed by atoms with Crippen molar-refractivity contribution in [1.29, 1.82) is 0 Å². The van der Waals surface area contributed by atoms with Crippen molar-refractivity contribution in [3.63, 3.8) is 0 Å². The normalized spacial score (nSPS) is 10.5. The zero-order valence-electron chi connectivity index (χ0n) is 16.6. The quantitative estimate of drug-likeness (QED) is 0.487. The van der Waals surface area contributed by atoms with E-state index in [1.165, 1.54) is 5.56 Å². The highest BCUT2D eigenvalue weighted by atomic mass is 16.5. The van der Waals surface area contributed by atoms with E-state index in [0.717, 1.165) is 55.2 Å². The number of benzene rings is 2. The van der Waals surface area contributed by atoms with Crippen LogP contribution in [-0.4, -0.2) is 30.2 Å². The molecule has 0 aliphatic rings. The Morgan fingerprint density at radius 1 is 0.893 bits per heavy atom. The third-order valence-corrected chi connectivity index (χ3v) is 4.49. The van der Waals surface area contributed by atoms with Crippen LogP contribution in [0.3, 0.4) is 0 Å². The molecular weight excluding hydrogens is 348 g/mol. The fourth-order valence-corrected chi connectivity index (χ4v) is 2.88. The third-order valence-electron chi connectivity index (χ3n) is 4.49. The minimum Gasteiger partial charge on any atom is -0.497 e. The van der Waals surface area contributed by atoms with Crippen LogP contribution in [-0.2, 0) is 6.42 Å². The largest absolute Gasteiger partial charge is 0.497 e. The van der Waals surface area contributed by atoms with Crippen LogP contribution in [0.15, 0.2) is 60.7 Å². The maximum Gasteiger partial charge on any atom is 0.225 e. The molecule has 1 aromatic heterocycles. The molecule has 5 heteroatoms. The van der Waals surface area contributed by atoms with E-state index in [9.17, 15) is 0 Å². The van der Waals surface area contributed by atoms with Crippen molar-refractivity contribution in [1.82, 2.24) is 9.97 Å². The van der Waals surface area contributed by atoms with Crippen molar-refractivity contribution in [3.8, 4) is 17.0 Å². The first kappa shape index (κ1) is 19.7. The van der Waals surface area contributed by atoms with E-state index in [0.29, 0.717) is 5.95 Å². The lowest BCUT2D eigenvalue weighted by Gasteiger charge is -2.11. The number of anilines is 2. The minimum absolute atomic E-state index is 0.668. The summed E-state index contributed by atoms with van der Waals surface area (Å²) in [6.45, 7) is 3.85. The second-order valence-corrected chi connectivity index (χ2v) is 6.63. The van der Waals surface area contributed by atoms with Crippen LogP contribution >= 0.6 is 0 Å². The first-order valence-electron chi connectivity index (χ1n) is 9.83. The molecular formula is C23H28N4O. The second-order valence-electron chi connectivity index (χ2n) is 6.63. The lowest BCUT2D eigenvalue weighted by atomic mass is 10.1. The lowest BCUT2D eigenvalue weighted by molar-refractivity contribution is 0.414. The molecule has 0 spiro atoms. The number of hydrogen-bond donors (Lipinski definition) is 2. The molecule has 0 saturated heterocycles. The first-order valence-corrected chi connectivity index (χ1v) is 9.83. The lowest BCUT2D eigenvalue weighted by Crippen LogP contribution is -2.10. The van der Waals surface area contributed by atoms with Gasteiger partial charge in [0.15, 0.2) is 0 Å². The van der Waals surface area contributed by atoms with Crippen molar-refractivity contribution in [2.24, 2.45) is 0 Å². The summed E-state index contributed by atoms with van der Waals surface area (Å²) >= 11 is 0. The molecule has 5 nitrogen and oxygen atoms in total. The first-order chi connectivity index (χ1) is 13.8. The number of ether oxygens (including phenoxy) is 1. The van der Waals surface area contributed by atoms with Crippen LogP contribution in [0.25, 0.3) is 11.3 Å². The standard InChI is InChI=1S/C23H28N4O/c1-3-4-15-25-23-26-21(19-8-6-5-7-9-19)17-22(27-23)24-16-14-18-10-12-20(28-2)13-11-18/h5-13,17H,3-4,14-16H2,1-2H3,(H2,24,25,26,27). The monoisotopic (exact) mass is 376 g/mol. The summed E-state index contributed by atoms with van der Waals surface area (Å²) in [4.78, 5) is 9.32. The van der Waals surface area contributed by atoms with Crippen molar-refractivity contribution >= 4 is 11.8 Å². The molecule has 2 aromatic carbocycles. The van der Waals surface area contributed by atoms with E-state index in [2.05, 4.69) is 51.8 Å². The zero-order valence-corrected chi connectivity index (χ0v) is 16.6. The van der Waals surface area contributed by atoms with Crippen LogP contribution in [0.1, 0.15) is 25.3 Å². The molecule has 3 aromatic rings. The molecule has 0 fully saturated rings. The van der Waals surface area contributed by atoms with Gasteiger partial charge in [0, 0.05) is 24.7 Å². The summed E-state index contributed by atoms with van der Waals surface area (Å²) in [6.07, 6.45) is 3.14. The number of unbranched alkanes of at least 4 members (excludes halogenated alkanes) is 1. The molecule has 1 heterocycles. The topological polar surface area (TPSA) is 59.1 Å². The van der Waals surface area contributed by atoms with Gasteiger partial charge in [0.25, 0.3) is 0 Å². The van der Waals surface area contributed by atoms with E-state index < -0.39 is 0 Å². The fraction of sp³-hybridized carbons (Fsp3) is 0.304. The van der Waals surface area contributed by atoms with E-state index in [4.69, 9.17) is 4.74 Å². The van der Waals surface area contributed by atoms with Gasteiger partial charge in [-0.1, -0.05) is 55.8 Å². The number of hydrogen-bond acceptors (Lipinski definition) is 5. The van der Waals surface area contributed by atoms with Gasteiger partial charge in [-0.05, 0) is 30.5 Å². The van der Waals surface area contributed by atoms with E-state index >= 15 is 0 Å². The van der Waals surface area contributed by atoms with Gasteiger partial charge < -0.3 is 15.4 Å². The number of rotatable bonds is 10. The highest BCUT2D eigenvalue weighted by Crippen LogP contribution is 2.21. The average Bonchev–Trinajstić information content (AvgIpc) is 2.75. The Hall–Kier alpha value is -3.08. The Labute approximate surface area is 167 Å². The molecule has 0 aliphatic heterocycles. The number of methoxy groups -OCH3 is 1. The third kappa shape index (κ3) is 5.71. The molecule has 28 heavy (non-hydrogen) atoms. The maximum atomic E-state index is 5.21. The van der Waals surface area contributed by atoms with Gasteiger partial charge in [0.05, 0.1) is 12.8 Å². The van der Waals surface area contributed by atoms with Crippen LogP contribution in [0.4, 0.5) is 11.8 Å². The molecule has 0 atom stereocenters. The predicted molar refractivity (Wildman–Crippen MR) is 116 cm³/mol. The van der Waals surface area contributed by atoms with Crippen molar-refractivity contribution < 1.29 is 4.74 Å². The van der Waals surface area contributed by atoms with E-state index in [-0.39, 0.29) is 0 Å². The van der Waals surface area contributed by atoms with Gasteiger partial charge >= 0.3 is 0 Å². The van der Waals surface area contributed by atoms with Crippen molar-refractivity contribution in [2.45, 2.75) is 26.2 Å². The molecule has 2 N–H and O–H groups in total. The molecule has 0 bridgehead atoms. The summed E-state index contributed by atoms with van der Waals surface area (Å²) < 4.78 is 5.21. The summed E-state index contributed by atoms with van der Waals surface area (Å²) in [5.41, 5.74) is 3.26. The Bertz CT molecular complexity index is 850. The molecule has 0 radical (unpaired) electrons. The van der Waals surface area contributed by atoms with Crippen molar-refractivity contribution in [2.75, 3.05) is 30.8 Å². The Morgan fingerprint density at radius 2 is 1.68 bits per heavy atom. The summed E-state index contributed by atoms with van der Waals surface area (Å²) in [5, 5.41) is 6.78. The Morgan fingerprint density at radius 3 is 2.39 bits per heavy atom. The summed E-state index contributed by atoms with van der Waals surface area (Å²) in [5.74, 6) is 2.38. The van der Waals surface area contributed by atoms with Gasteiger partial charge in [0.1, 0.15) is 11.6 Å². The summed E-state index contributed by atoms with van der Waals surface area (Å²) in [6, 6.07) is 20.4. The predicted octanol–water partition coefficient (Wildman–Crippen LogP) is 5.02. The Balaban J connectivity index is 1.69. The van der Waals surface area contributed by atoms with Gasteiger partial charge in [-0.2, -0.15) is 4.98 Å². The van der Waals surface area contributed by atoms with Crippen molar-refractivity contribution in [3.05, 3.63) is 66.2 Å². The minimum atomic E-state index is 0.668. The molecule has 0 amide bonds. The van der Waals surface area contributed by atoms with Crippen LogP contribution in [0.2, 0.25) is 0 Å². The van der Waals surface area contributed by atoms with Gasteiger partial charge in [-0.15, -0.1) is 0 Å². The van der Waals surface area contributed by atoms with E-state index in [1.807, 2.05) is 36.4 Å². The molecule has 0 unspecified atom stereocenters. The number of aromatic nitrogens is 2. The highest BCUT2D eigenvalue weighted by Gasteiger charge is 2.07. The van der Waals surface area contributed by atoms with Gasteiger partial charge in [-0.3, -0.25) is 0 Å². The highest BCUT2D eigenvalue weighted by molar-refractivity contribution is 5.64. The van der Waals surface area contributed by atoms with Gasteiger partial charge in [0.2, 0.25) is 5.95 Å². The van der Waals surface area contributed by atoms with E-state index in [1.54, 1.807) is 7.11 Å². The average molecular weight is 377 g/mol. The number of nitrogens with zero attached hydrogens (tertiary/aromatic N) is 2. The van der Waals surface area contributed by atoms with Crippen LogP contribution in [0, 0.1) is 0 Å². The maximum absolute atomic E-state index is 5.21. The number of nitrogens with one attached hydrogen (secondary N) is 2. The van der Waals surface area contributed by atoms with Crippen LogP contribution < -0.4 is 15.4 Å². The molecule has 146 valence electrons. The second kappa shape index (κ2) is 10.3. The molecule has 0 aliphatic carbocycles.